The van der Waals surface area contributed by atoms with E-state index in [1.165, 1.54) is 26.7 Å². The van der Waals surface area contributed by atoms with E-state index in [4.69, 9.17) is 33.5 Å². The van der Waals surface area contributed by atoms with Crippen LogP contribution < -0.4 is 21.3 Å². The van der Waals surface area contributed by atoms with Gasteiger partial charge in [0.25, 0.3) is 0 Å². The molecular formula is C72H94N8O20. The summed E-state index contributed by atoms with van der Waals surface area (Å²) >= 11 is 0. The van der Waals surface area contributed by atoms with Gasteiger partial charge in [0.05, 0.1) is 20.0 Å². The van der Waals surface area contributed by atoms with E-state index in [2.05, 4.69) is 21.3 Å². The molecule has 542 valence electrons. The van der Waals surface area contributed by atoms with E-state index in [1.54, 1.807) is 43.3 Å². The van der Waals surface area contributed by atoms with Crippen molar-refractivity contribution in [2.45, 2.75) is 180 Å². The molecule has 0 saturated carbocycles. The summed E-state index contributed by atoms with van der Waals surface area (Å²) in [6.45, 7) is 5.75. The normalized spacial score (nSPS) is 11.3. The van der Waals surface area contributed by atoms with Crippen LogP contribution in [0, 0.1) is 0 Å². The molecule has 8 amide bonds. The van der Waals surface area contributed by atoms with E-state index in [9.17, 15) is 58.2 Å². The Hall–Kier alpha value is -10.8. The van der Waals surface area contributed by atoms with Crippen molar-refractivity contribution in [3.63, 3.8) is 0 Å². The highest BCUT2D eigenvalue weighted by Gasteiger charge is 2.35. The predicted molar refractivity (Wildman–Crippen MR) is 358 cm³/mol. The Kier molecular flexibility index (Phi) is 46.4. The minimum atomic E-state index is -1.16. The van der Waals surface area contributed by atoms with Crippen LogP contribution in [0.5, 0.6) is 0 Å². The van der Waals surface area contributed by atoms with Gasteiger partial charge in [-0.2, -0.15) is 28.8 Å². The maximum absolute atomic E-state index is 15.0. The van der Waals surface area contributed by atoms with Gasteiger partial charge >= 0.3 is 36.4 Å². The van der Waals surface area contributed by atoms with Crippen molar-refractivity contribution in [3.8, 4) is 0 Å². The molecule has 0 heterocycles. The van der Waals surface area contributed by atoms with Crippen LogP contribution in [0.15, 0.2) is 121 Å². The summed E-state index contributed by atoms with van der Waals surface area (Å²) in [4.78, 5) is 204. The maximum atomic E-state index is 15.0. The first-order chi connectivity index (χ1) is 48.1. The third-order valence-electron chi connectivity index (χ3n) is 15.4. The number of benzene rings is 4. The molecule has 0 saturated heterocycles. The van der Waals surface area contributed by atoms with Crippen LogP contribution in [0.3, 0.4) is 0 Å². The Morgan fingerprint density at radius 1 is 0.380 bits per heavy atom. The number of esters is 1. The first-order valence-corrected chi connectivity index (χ1v) is 33.1. The molecule has 28 heteroatoms. The second kappa shape index (κ2) is 53.3. The van der Waals surface area contributed by atoms with Gasteiger partial charge < -0.3 is 55.8 Å². The van der Waals surface area contributed by atoms with Gasteiger partial charge in [-0.1, -0.05) is 154 Å². The molecule has 4 rings (SSSR count). The highest BCUT2D eigenvalue weighted by molar-refractivity contribution is 5.91. The molecule has 4 unspecified atom stereocenters. The van der Waals surface area contributed by atoms with E-state index in [-0.39, 0.29) is 147 Å². The van der Waals surface area contributed by atoms with Crippen molar-refractivity contribution in [2.24, 2.45) is 0 Å². The van der Waals surface area contributed by atoms with Crippen molar-refractivity contribution in [3.05, 3.63) is 144 Å². The molecule has 0 aliphatic rings. The summed E-state index contributed by atoms with van der Waals surface area (Å²) < 4.78 is 4.74. The van der Waals surface area contributed by atoms with Crippen molar-refractivity contribution in [1.29, 1.82) is 0 Å². The summed E-state index contributed by atoms with van der Waals surface area (Å²) in [6.07, 6.45) is 2.64. The lowest BCUT2D eigenvalue weighted by Crippen LogP contribution is -2.52. The van der Waals surface area contributed by atoms with Crippen LogP contribution in [-0.4, -0.2) is 177 Å². The molecule has 0 radical (unpaired) electrons. The zero-order chi connectivity index (χ0) is 74.5. The summed E-state index contributed by atoms with van der Waals surface area (Å²) in [6, 6.07) is 32.5. The molecule has 0 aliphatic carbocycles. The number of carboxylic acids is 2. The van der Waals surface area contributed by atoms with E-state index in [1.807, 2.05) is 98.8 Å². The topological polar surface area (TPSA) is 401 Å². The van der Waals surface area contributed by atoms with Gasteiger partial charge in [0, 0.05) is 90.9 Å². The Morgan fingerprint density at radius 2 is 0.720 bits per heavy atom. The maximum Gasteiger partial charge on any atom is 0.373 e. The lowest BCUT2D eigenvalue weighted by molar-refractivity contribution is -0.193. The number of rotatable bonds is 44. The predicted octanol–water partition coefficient (Wildman–Crippen LogP) is 5.37. The van der Waals surface area contributed by atoms with Gasteiger partial charge in [-0.25, -0.2) is 0 Å². The van der Waals surface area contributed by atoms with Gasteiger partial charge in [0.15, 0.2) is 0 Å². The number of amides is 8. The molecule has 4 atom stereocenters. The Balaban J connectivity index is 0.00000525. The van der Waals surface area contributed by atoms with E-state index < -0.39 is 83.4 Å². The minimum Gasteiger partial charge on any atom is -0.481 e. The molecule has 4 aromatic rings. The van der Waals surface area contributed by atoms with Crippen LogP contribution in [0.25, 0.3) is 0 Å². The fourth-order valence-electron chi connectivity index (χ4n) is 10.7. The zero-order valence-corrected chi connectivity index (χ0v) is 57.3. The molecule has 0 aromatic heterocycles. The molecule has 6 N–H and O–H groups in total. The smallest absolute Gasteiger partial charge is 0.373 e. The van der Waals surface area contributed by atoms with E-state index in [0.717, 1.165) is 16.7 Å². The van der Waals surface area contributed by atoms with Crippen molar-refractivity contribution >= 4 is 83.6 Å². The lowest BCUT2D eigenvalue weighted by atomic mass is 10.0. The quantitative estimate of drug-likeness (QED) is 0.0239. The van der Waals surface area contributed by atoms with Crippen molar-refractivity contribution in [1.82, 2.24) is 40.9 Å². The molecule has 0 aliphatic heterocycles. The number of hydrogen-bond acceptors (Lipinski definition) is 18. The molecular weight excluding hydrogens is 1300 g/mol. The molecule has 100 heavy (non-hydrogen) atoms. The molecule has 0 spiro atoms. The van der Waals surface area contributed by atoms with Gasteiger partial charge in [-0.15, -0.1) is 0 Å². The standard InChI is InChI=1S/C69H94N8O14.3CO2/c1-5-25-55(67(88)72-44-41-64(84)85)75(48-52-29-15-9-16-30-52)60(79)36-21-12-22-46-74(59(78)37-24-38-61(80)76(49-53-31-17-10-18-32-53)56(26-6-2)68(89)73-45-42-65(86)91-4)58(47-51-27-13-8-14-28-51)69(90)71-43-40-62(81)77(50-54-33-19-11-20-34-54)57(66(87)70-7-3)35-23-39-63(82)83;3*2-1-3/h8-11,13-20,27-34,55-58H,5-7,12,21-26,35-50H2,1-4H3,(H,70,87)(H,71,90)(H,72,88)(H,73,89)(H,82,83)(H,84,85);;;. The number of nitrogens with one attached hydrogen (secondary N) is 4. The summed E-state index contributed by atoms with van der Waals surface area (Å²) in [5.41, 5.74) is 3.00. The number of carboxylic acid groups (broad SMARTS) is 2. The third kappa shape index (κ3) is 36.0. The number of methoxy groups -OCH3 is 1. The first-order valence-electron chi connectivity index (χ1n) is 33.1. The number of hydrogen-bond donors (Lipinski definition) is 6. The lowest BCUT2D eigenvalue weighted by Gasteiger charge is -2.33. The fourth-order valence-corrected chi connectivity index (χ4v) is 10.7. The van der Waals surface area contributed by atoms with Crippen LogP contribution in [0.1, 0.15) is 152 Å². The summed E-state index contributed by atoms with van der Waals surface area (Å²) in [5, 5.41) is 29.9. The average Bonchev–Trinajstić information content (AvgIpc) is 0.866. The van der Waals surface area contributed by atoms with Gasteiger partial charge in [0.2, 0.25) is 47.3 Å². The Morgan fingerprint density at radius 3 is 1.11 bits per heavy atom. The van der Waals surface area contributed by atoms with Gasteiger partial charge in [0.1, 0.15) is 24.2 Å². The largest absolute Gasteiger partial charge is 0.481 e. The van der Waals surface area contributed by atoms with E-state index >= 15 is 4.79 Å². The van der Waals surface area contributed by atoms with Gasteiger partial charge in [-0.3, -0.25) is 52.7 Å². The highest BCUT2D eigenvalue weighted by Crippen LogP contribution is 2.22. The third-order valence-corrected chi connectivity index (χ3v) is 15.4. The molecule has 28 nitrogen and oxygen atoms in total. The van der Waals surface area contributed by atoms with Crippen molar-refractivity contribution in [2.75, 3.05) is 39.8 Å². The van der Waals surface area contributed by atoms with Crippen LogP contribution in [0.4, 0.5) is 0 Å². The second-order valence-electron chi connectivity index (χ2n) is 22.6. The SMILES string of the molecule is CCCC(C(=O)NCCC(=O)O)N(Cc1ccccc1)C(=O)CCCCCN(C(=O)CCCC(=O)N(Cc1ccccc1)C(CCC)C(=O)NCCC(=O)OC)C(Cc1ccccc1)C(=O)NCCC(=O)N(Cc1ccccc1)C(CCCC(=O)O)C(=O)NCC.O=C=O.O=C=O.O=C=O. The van der Waals surface area contributed by atoms with Crippen molar-refractivity contribution < 1.29 is 96.5 Å². The number of unbranched alkanes of at least 4 members (excludes halogenated alkanes) is 2. The van der Waals surface area contributed by atoms with E-state index in [0.29, 0.717) is 50.5 Å². The fraction of sp³-hybridized carbons (Fsp3) is 0.472. The van der Waals surface area contributed by atoms with Crippen LogP contribution >= 0.6 is 0 Å². The zero-order valence-electron chi connectivity index (χ0n) is 57.3. The minimum absolute atomic E-state index is 0.00266. The first kappa shape index (κ1) is 87.2. The number of aliphatic carboxylic acids is 2. The Labute approximate surface area is 582 Å². The number of carbonyl (C=O) groups excluding carboxylic acids is 15. The Bertz CT molecular complexity index is 3210. The summed E-state index contributed by atoms with van der Waals surface area (Å²) in [5.74, 6) is -6.19. The molecule has 4 aromatic carbocycles. The molecule has 0 fully saturated rings. The van der Waals surface area contributed by atoms with Crippen LogP contribution in [-0.2, 0) is 112 Å². The highest BCUT2D eigenvalue weighted by atomic mass is 16.5. The second-order valence-corrected chi connectivity index (χ2v) is 22.6. The number of ether oxygens (including phenoxy) is 1. The average molecular weight is 1390 g/mol. The van der Waals surface area contributed by atoms with Crippen LogP contribution in [0.2, 0.25) is 0 Å². The summed E-state index contributed by atoms with van der Waals surface area (Å²) in [7, 11) is 1.25. The monoisotopic (exact) mass is 1390 g/mol. The molecule has 0 bridgehead atoms. The number of nitrogens with zero attached hydrogens (tertiary/aromatic N) is 4. The van der Waals surface area contributed by atoms with Gasteiger partial charge in [-0.05, 0) is 74.1 Å². The number of carbonyl (C=O) groups is 11. The number of likely N-dealkylation sites (N-methyl/N-ethyl adjacent to an activating group) is 1.